The Labute approximate surface area is 143 Å². The minimum absolute atomic E-state index is 0.0453. The highest BCUT2D eigenvalue weighted by Gasteiger charge is 2.08. The molecule has 0 saturated heterocycles. The lowest BCUT2D eigenvalue weighted by Crippen LogP contribution is -2.20. The molecule has 0 radical (unpaired) electrons. The highest BCUT2D eigenvalue weighted by molar-refractivity contribution is 7.99. The largest absolute Gasteiger partial charge is 0.493 e. The van der Waals surface area contributed by atoms with Crippen molar-refractivity contribution in [1.82, 2.24) is 9.55 Å². The second kappa shape index (κ2) is 7.20. The predicted octanol–water partition coefficient (Wildman–Crippen LogP) is 2.98. The summed E-state index contributed by atoms with van der Waals surface area (Å²) in [5.41, 5.74) is 1.26. The molecule has 0 aliphatic heterocycles. The molecule has 3 aromatic rings. The molecule has 0 amide bonds. The molecule has 0 aliphatic rings. The van der Waals surface area contributed by atoms with Crippen LogP contribution in [0.25, 0.3) is 10.9 Å². The number of benzene rings is 2. The summed E-state index contributed by atoms with van der Waals surface area (Å²) >= 11 is 1.48. The van der Waals surface area contributed by atoms with Crippen LogP contribution in [-0.4, -0.2) is 21.9 Å². The van der Waals surface area contributed by atoms with Gasteiger partial charge < -0.3 is 4.74 Å². The van der Waals surface area contributed by atoms with Gasteiger partial charge in [0.1, 0.15) is 5.75 Å². The molecular formula is C18H15N3O2S. The van der Waals surface area contributed by atoms with E-state index in [0.717, 1.165) is 5.75 Å². The Morgan fingerprint density at radius 1 is 1.21 bits per heavy atom. The van der Waals surface area contributed by atoms with E-state index in [1.807, 2.05) is 18.2 Å². The molecule has 0 bridgehead atoms. The van der Waals surface area contributed by atoms with Crippen LogP contribution in [0, 0.1) is 11.3 Å². The fourth-order valence-corrected chi connectivity index (χ4v) is 3.03. The van der Waals surface area contributed by atoms with Gasteiger partial charge >= 0.3 is 0 Å². The third-order valence-electron chi connectivity index (χ3n) is 3.51. The van der Waals surface area contributed by atoms with Crippen molar-refractivity contribution in [2.75, 3.05) is 12.4 Å². The van der Waals surface area contributed by atoms with Crippen molar-refractivity contribution >= 4 is 22.7 Å². The molecule has 120 valence electrons. The Bertz CT molecular complexity index is 959. The van der Waals surface area contributed by atoms with Gasteiger partial charge in [-0.3, -0.25) is 9.36 Å². The standard InChI is InChI=1S/C18H15N3O2S/c1-21-17(22)15-4-2-3-5-16(15)20-18(21)24-11-10-23-14-8-6-13(12-19)7-9-14/h2-9H,10-11H2,1H3. The molecule has 0 N–H and O–H groups in total. The molecule has 0 aliphatic carbocycles. The molecule has 3 rings (SSSR count). The second-order valence-corrected chi connectivity index (χ2v) is 6.17. The molecule has 1 heterocycles. The van der Waals surface area contributed by atoms with Crippen LogP contribution < -0.4 is 10.3 Å². The molecule has 0 spiro atoms. The van der Waals surface area contributed by atoms with E-state index < -0.39 is 0 Å². The summed E-state index contributed by atoms with van der Waals surface area (Å²) in [7, 11) is 1.73. The van der Waals surface area contributed by atoms with Crippen LogP contribution in [-0.2, 0) is 7.05 Å². The van der Waals surface area contributed by atoms with Crippen LogP contribution in [0.1, 0.15) is 5.56 Å². The minimum Gasteiger partial charge on any atom is -0.493 e. The van der Waals surface area contributed by atoms with E-state index in [1.165, 1.54) is 11.8 Å². The Hall–Kier alpha value is -2.78. The number of thioether (sulfide) groups is 1. The predicted molar refractivity (Wildman–Crippen MR) is 94.4 cm³/mol. The number of rotatable bonds is 5. The summed E-state index contributed by atoms with van der Waals surface area (Å²) in [5, 5.41) is 10.1. The molecule has 0 fully saturated rings. The Morgan fingerprint density at radius 2 is 1.96 bits per heavy atom. The SMILES string of the molecule is Cn1c(SCCOc2ccc(C#N)cc2)nc2ccccc2c1=O. The van der Waals surface area contributed by atoms with Crippen molar-refractivity contribution in [3.05, 3.63) is 64.4 Å². The lowest BCUT2D eigenvalue weighted by atomic mass is 10.2. The topological polar surface area (TPSA) is 67.9 Å². The van der Waals surface area contributed by atoms with Crippen molar-refractivity contribution in [2.24, 2.45) is 7.05 Å². The second-order valence-electron chi connectivity index (χ2n) is 5.11. The first-order valence-electron chi connectivity index (χ1n) is 7.40. The maximum absolute atomic E-state index is 12.3. The maximum Gasteiger partial charge on any atom is 0.261 e. The number of nitriles is 1. The zero-order valence-electron chi connectivity index (χ0n) is 13.1. The van der Waals surface area contributed by atoms with Crippen LogP contribution in [0.5, 0.6) is 5.75 Å². The smallest absolute Gasteiger partial charge is 0.261 e. The number of hydrogen-bond acceptors (Lipinski definition) is 5. The van der Waals surface area contributed by atoms with E-state index in [-0.39, 0.29) is 5.56 Å². The Kier molecular flexibility index (Phi) is 4.82. The average molecular weight is 337 g/mol. The average Bonchev–Trinajstić information content (AvgIpc) is 2.63. The van der Waals surface area contributed by atoms with Gasteiger partial charge in [0.15, 0.2) is 5.16 Å². The first kappa shape index (κ1) is 16.1. The first-order chi connectivity index (χ1) is 11.7. The van der Waals surface area contributed by atoms with E-state index in [4.69, 9.17) is 10.00 Å². The fraction of sp³-hybridized carbons (Fsp3) is 0.167. The molecule has 1 aromatic heterocycles. The molecule has 0 unspecified atom stereocenters. The molecule has 5 nitrogen and oxygen atoms in total. The van der Waals surface area contributed by atoms with Crippen molar-refractivity contribution in [3.8, 4) is 11.8 Å². The number of aromatic nitrogens is 2. The summed E-state index contributed by atoms with van der Waals surface area (Å²) in [6.45, 7) is 0.485. The van der Waals surface area contributed by atoms with Gasteiger partial charge in [-0.2, -0.15) is 5.26 Å². The summed E-state index contributed by atoms with van der Waals surface area (Å²) in [6, 6.07) is 16.4. The summed E-state index contributed by atoms with van der Waals surface area (Å²) in [4.78, 5) is 16.9. The van der Waals surface area contributed by atoms with Gasteiger partial charge in [0, 0.05) is 12.8 Å². The van der Waals surface area contributed by atoms with Gasteiger partial charge in [0.05, 0.1) is 29.1 Å². The van der Waals surface area contributed by atoms with Crippen molar-refractivity contribution in [2.45, 2.75) is 5.16 Å². The maximum atomic E-state index is 12.3. The van der Waals surface area contributed by atoms with Gasteiger partial charge in [0.25, 0.3) is 5.56 Å². The summed E-state index contributed by atoms with van der Waals surface area (Å²) in [6.07, 6.45) is 0. The normalized spacial score (nSPS) is 10.5. The highest BCUT2D eigenvalue weighted by Crippen LogP contribution is 2.17. The number of ether oxygens (including phenoxy) is 1. The number of nitrogens with zero attached hydrogens (tertiary/aromatic N) is 3. The molecule has 6 heteroatoms. The zero-order valence-corrected chi connectivity index (χ0v) is 13.9. The first-order valence-corrected chi connectivity index (χ1v) is 8.39. The van der Waals surface area contributed by atoms with Gasteiger partial charge in [-0.1, -0.05) is 23.9 Å². The number of fused-ring (bicyclic) bond motifs is 1. The van der Waals surface area contributed by atoms with Crippen LogP contribution in [0.4, 0.5) is 0 Å². The van der Waals surface area contributed by atoms with Crippen LogP contribution in [0.15, 0.2) is 58.5 Å². The number of para-hydroxylation sites is 1. The van der Waals surface area contributed by atoms with Gasteiger partial charge in [0.2, 0.25) is 0 Å². The summed E-state index contributed by atoms with van der Waals surface area (Å²) in [5.74, 6) is 1.38. The number of hydrogen-bond donors (Lipinski definition) is 0. The van der Waals surface area contributed by atoms with Crippen molar-refractivity contribution < 1.29 is 4.74 Å². The molecular weight excluding hydrogens is 322 g/mol. The van der Waals surface area contributed by atoms with Gasteiger partial charge in [-0.15, -0.1) is 0 Å². The van der Waals surface area contributed by atoms with E-state index in [0.29, 0.717) is 34.0 Å². The van der Waals surface area contributed by atoms with Gasteiger partial charge in [-0.05, 0) is 36.4 Å². The summed E-state index contributed by atoms with van der Waals surface area (Å²) < 4.78 is 7.20. The van der Waals surface area contributed by atoms with Crippen molar-refractivity contribution in [1.29, 1.82) is 5.26 Å². The lowest BCUT2D eigenvalue weighted by Gasteiger charge is -2.09. The fourth-order valence-electron chi connectivity index (χ4n) is 2.24. The highest BCUT2D eigenvalue weighted by atomic mass is 32.2. The van der Waals surface area contributed by atoms with E-state index in [1.54, 1.807) is 41.9 Å². The molecule has 24 heavy (non-hydrogen) atoms. The monoisotopic (exact) mass is 337 g/mol. The third kappa shape index (κ3) is 3.42. The van der Waals surface area contributed by atoms with Crippen LogP contribution >= 0.6 is 11.8 Å². The lowest BCUT2D eigenvalue weighted by molar-refractivity contribution is 0.344. The van der Waals surface area contributed by atoms with E-state index in [2.05, 4.69) is 11.1 Å². The van der Waals surface area contributed by atoms with Crippen LogP contribution in [0.3, 0.4) is 0 Å². The van der Waals surface area contributed by atoms with Crippen LogP contribution in [0.2, 0.25) is 0 Å². The van der Waals surface area contributed by atoms with Crippen molar-refractivity contribution in [3.63, 3.8) is 0 Å². The van der Waals surface area contributed by atoms with E-state index in [9.17, 15) is 4.79 Å². The zero-order chi connectivity index (χ0) is 16.9. The Morgan fingerprint density at radius 3 is 2.71 bits per heavy atom. The quantitative estimate of drug-likeness (QED) is 0.407. The van der Waals surface area contributed by atoms with E-state index >= 15 is 0 Å². The third-order valence-corrected chi connectivity index (χ3v) is 4.50. The Balaban J connectivity index is 1.64. The molecule has 2 aromatic carbocycles. The minimum atomic E-state index is -0.0453. The molecule has 0 saturated carbocycles. The van der Waals surface area contributed by atoms with Gasteiger partial charge in [-0.25, -0.2) is 4.98 Å². The molecule has 0 atom stereocenters.